The summed E-state index contributed by atoms with van der Waals surface area (Å²) in [6, 6.07) is -0.852. The molecule has 0 aromatic rings. The number of hydrogen-bond donors (Lipinski definition) is 2. The zero-order chi connectivity index (χ0) is 16.9. The van der Waals surface area contributed by atoms with E-state index in [1.54, 1.807) is 13.8 Å². The van der Waals surface area contributed by atoms with Gasteiger partial charge in [-0.3, -0.25) is 0 Å². The summed E-state index contributed by atoms with van der Waals surface area (Å²) >= 11 is 0. The molecule has 130 valence electrons. The van der Waals surface area contributed by atoms with Gasteiger partial charge in [-0.05, 0) is 69.1 Å². The molecule has 5 nitrogen and oxygen atoms in total. The zero-order valence-electron chi connectivity index (χ0n) is 14.8. The number of ether oxygens (including phenoxy) is 1. The fourth-order valence-corrected chi connectivity index (χ4v) is 6.39. The van der Waals surface area contributed by atoms with Crippen LogP contribution in [0, 0.1) is 16.7 Å². The van der Waals surface area contributed by atoms with Gasteiger partial charge in [-0.1, -0.05) is 13.8 Å². The first-order valence-corrected chi connectivity index (χ1v) is 8.92. The molecule has 2 N–H and O–H groups in total. The van der Waals surface area contributed by atoms with E-state index in [-0.39, 0.29) is 17.5 Å². The van der Waals surface area contributed by atoms with Crippen molar-refractivity contribution in [2.45, 2.75) is 77.8 Å². The maximum absolute atomic E-state index is 12.4. The molecule has 0 heterocycles. The quantitative estimate of drug-likeness (QED) is 0.782. The van der Waals surface area contributed by atoms with Crippen LogP contribution in [0.1, 0.15) is 66.2 Å². The molecule has 5 heteroatoms. The second-order valence-electron chi connectivity index (χ2n) is 8.98. The molecule has 4 aliphatic rings. The summed E-state index contributed by atoms with van der Waals surface area (Å²) in [6.07, 6.45) is 7.08. The van der Waals surface area contributed by atoms with E-state index in [1.165, 1.54) is 19.3 Å². The summed E-state index contributed by atoms with van der Waals surface area (Å²) in [4.78, 5) is 24.1. The van der Waals surface area contributed by atoms with Crippen molar-refractivity contribution in [2.75, 3.05) is 6.61 Å². The van der Waals surface area contributed by atoms with E-state index in [1.807, 2.05) is 0 Å². The summed E-state index contributed by atoms with van der Waals surface area (Å²) in [5, 5.41) is 5.98. The molecule has 4 bridgehead atoms. The minimum absolute atomic E-state index is 0.0959. The highest BCUT2D eigenvalue weighted by molar-refractivity contribution is 5.83. The molecule has 0 aromatic carbocycles. The molecule has 0 saturated heterocycles. The normalized spacial score (nSPS) is 42.2. The first-order chi connectivity index (χ1) is 10.7. The molecule has 4 fully saturated rings. The molecule has 4 aliphatic carbocycles. The Balaban J connectivity index is 1.65. The van der Waals surface area contributed by atoms with Crippen LogP contribution in [0.5, 0.6) is 0 Å². The fourth-order valence-electron chi connectivity index (χ4n) is 6.39. The molecular weight excluding hydrogens is 292 g/mol. The molecule has 23 heavy (non-hydrogen) atoms. The predicted octanol–water partition coefficient (Wildman–Crippen LogP) is 2.99. The van der Waals surface area contributed by atoms with Gasteiger partial charge in [0.25, 0.3) is 0 Å². The van der Waals surface area contributed by atoms with Crippen molar-refractivity contribution < 1.29 is 14.3 Å². The maximum atomic E-state index is 12.4. The van der Waals surface area contributed by atoms with Gasteiger partial charge in [0.05, 0.1) is 6.61 Å². The van der Waals surface area contributed by atoms with Gasteiger partial charge in [0.15, 0.2) is 0 Å². The minimum Gasteiger partial charge on any atom is -0.464 e. The maximum Gasteiger partial charge on any atom is 0.328 e. The van der Waals surface area contributed by atoms with Crippen LogP contribution in [-0.2, 0) is 9.53 Å². The van der Waals surface area contributed by atoms with Crippen molar-refractivity contribution in [3.63, 3.8) is 0 Å². The summed E-state index contributed by atoms with van der Waals surface area (Å²) in [5.74, 6) is 0.344. The van der Waals surface area contributed by atoms with Crippen LogP contribution in [-0.4, -0.2) is 30.2 Å². The van der Waals surface area contributed by atoms with E-state index in [0.717, 1.165) is 25.2 Å². The number of carbonyl (C=O) groups excluding carboxylic acids is 2. The SMILES string of the molecule is CCOC(=O)C(C)NC(=O)NC12CC3CC(C)(CC(C)(C3)C1)C2. The lowest BCUT2D eigenvalue weighted by atomic mass is 9.43. The van der Waals surface area contributed by atoms with Gasteiger partial charge < -0.3 is 15.4 Å². The Hall–Kier alpha value is -1.26. The lowest BCUT2D eigenvalue weighted by Crippen LogP contribution is -2.66. The number of carbonyl (C=O) groups is 2. The van der Waals surface area contributed by atoms with E-state index >= 15 is 0 Å². The largest absolute Gasteiger partial charge is 0.464 e. The van der Waals surface area contributed by atoms with Crippen LogP contribution in [0.2, 0.25) is 0 Å². The van der Waals surface area contributed by atoms with E-state index in [4.69, 9.17) is 4.74 Å². The van der Waals surface area contributed by atoms with E-state index in [0.29, 0.717) is 17.4 Å². The minimum atomic E-state index is -0.616. The fraction of sp³-hybridized carbons (Fsp3) is 0.889. The van der Waals surface area contributed by atoms with Crippen molar-refractivity contribution in [1.82, 2.24) is 10.6 Å². The Morgan fingerprint density at radius 1 is 1.13 bits per heavy atom. The van der Waals surface area contributed by atoms with E-state index in [9.17, 15) is 9.59 Å². The lowest BCUT2D eigenvalue weighted by Gasteiger charge is -2.65. The highest BCUT2D eigenvalue weighted by atomic mass is 16.5. The molecule has 0 aliphatic heterocycles. The van der Waals surface area contributed by atoms with Crippen molar-refractivity contribution in [2.24, 2.45) is 16.7 Å². The first kappa shape index (κ1) is 16.6. The third-order valence-electron chi connectivity index (χ3n) is 5.99. The molecule has 3 unspecified atom stereocenters. The van der Waals surface area contributed by atoms with Crippen LogP contribution < -0.4 is 10.6 Å². The van der Waals surface area contributed by atoms with Crippen LogP contribution in [0.15, 0.2) is 0 Å². The van der Waals surface area contributed by atoms with Crippen molar-refractivity contribution in [3.05, 3.63) is 0 Å². The van der Waals surface area contributed by atoms with Crippen LogP contribution in [0.25, 0.3) is 0 Å². The van der Waals surface area contributed by atoms with Crippen LogP contribution >= 0.6 is 0 Å². The Morgan fingerprint density at radius 2 is 1.74 bits per heavy atom. The molecule has 0 aromatic heterocycles. The van der Waals surface area contributed by atoms with E-state index in [2.05, 4.69) is 24.5 Å². The Kier molecular flexibility index (Phi) is 3.88. The van der Waals surface area contributed by atoms with Crippen LogP contribution in [0.4, 0.5) is 4.79 Å². The average molecular weight is 322 g/mol. The number of rotatable bonds is 4. The monoisotopic (exact) mass is 322 g/mol. The summed E-state index contributed by atoms with van der Waals surface area (Å²) in [6.45, 7) is 8.52. The van der Waals surface area contributed by atoms with Gasteiger partial charge >= 0.3 is 12.0 Å². The smallest absolute Gasteiger partial charge is 0.328 e. The Morgan fingerprint density at radius 3 is 2.26 bits per heavy atom. The van der Waals surface area contributed by atoms with Gasteiger partial charge in [0.1, 0.15) is 6.04 Å². The number of amides is 2. The van der Waals surface area contributed by atoms with Crippen molar-refractivity contribution >= 4 is 12.0 Å². The molecule has 0 spiro atoms. The molecular formula is C18H30N2O3. The molecule has 0 radical (unpaired) electrons. The van der Waals surface area contributed by atoms with Crippen molar-refractivity contribution in [1.29, 1.82) is 0 Å². The Bertz CT molecular complexity index is 500. The summed E-state index contributed by atoms with van der Waals surface area (Å²) in [7, 11) is 0. The highest BCUT2D eigenvalue weighted by Crippen LogP contribution is 2.66. The Labute approximate surface area is 138 Å². The van der Waals surface area contributed by atoms with Gasteiger partial charge in [0, 0.05) is 5.54 Å². The van der Waals surface area contributed by atoms with Gasteiger partial charge in [0.2, 0.25) is 0 Å². The summed E-state index contributed by atoms with van der Waals surface area (Å²) in [5.41, 5.74) is 0.615. The second kappa shape index (κ2) is 5.38. The lowest BCUT2D eigenvalue weighted by molar-refractivity contribution is -0.145. The topological polar surface area (TPSA) is 67.4 Å². The third kappa shape index (κ3) is 3.20. The summed E-state index contributed by atoms with van der Waals surface area (Å²) < 4.78 is 4.95. The highest BCUT2D eigenvalue weighted by Gasteiger charge is 2.60. The average Bonchev–Trinajstić information content (AvgIpc) is 2.33. The number of hydrogen-bond acceptors (Lipinski definition) is 3. The standard InChI is InChI=1S/C18H30N2O3/c1-5-23-14(21)12(2)19-15(22)20-18-8-13-6-16(3,10-18)9-17(4,7-13)11-18/h12-13H,5-11H2,1-4H3,(H2,19,20,22). The third-order valence-corrected chi connectivity index (χ3v) is 5.99. The predicted molar refractivity (Wildman–Crippen MR) is 87.9 cm³/mol. The molecule has 2 amide bonds. The van der Waals surface area contributed by atoms with Crippen molar-refractivity contribution in [3.8, 4) is 0 Å². The van der Waals surface area contributed by atoms with Gasteiger partial charge in [-0.25, -0.2) is 9.59 Å². The number of nitrogens with one attached hydrogen (secondary N) is 2. The van der Waals surface area contributed by atoms with E-state index < -0.39 is 6.04 Å². The number of esters is 1. The number of urea groups is 1. The van der Waals surface area contributed by atoms with Crippen LogP contribution in [0.3, 0.4) is 0 Å². The molecule has 4 rings (SSSR count). The van der Waals surface area contributed by atoms with Gasteiger partial charge in [-0.15, -0.1) is 0 Å². The molecule has 3 atom stereocenters. The zero-order valence-corrected chi connectivity index (χ0v) is 14.8. The molecule has 4 saturated carbocycles. The second-order valence-corrected chi connectivity index (χ2v) is 8.98. The van der Waals surface area contributed by atoms with Gasteiger partial charge in [-0.2, -0.15) is 0 Å². The first-order valence-electron chi connectivity index (χ1n) is 8.92.